The number of nitrogens with zero attached hydrogens (tertiary/aromatic N) is 1. The van der Waals surface area contributed by atoms with Crippen LogP contribution >= 0.6 is 0 Å². The van der Waals surface area contributed by atoms with Gasteiger partial charge in [-0.25, -0.2) is 4.90 Å². The van der Waals surface area contributed by atoms with E-state index in [4.69, 9.17) is 0 Å². The molecule has 4 aromatic rings. The Labute approximate surface area is 221 Å². The van der Waals surface area contributed by atoms with Gasteiger partial charge < -0.3 is 5.32 Å². The van der Waals surface area contributed by atoms with Gasteiger partial charge in [0.1, 0.15) is 0 Å². The fourth-order valence-corrected chi connectivity index (χ4v) is 7.00. The van der Waals surface area contributed by atoms with Gasteiger partial charge in [-0.05, 0) is 59.0 Å². The summed E-state index contributed by atoms with van der Waals surface area (Å²) >= 11 is 0. The summed E-state index contributed by atoms with van der Waals surface area (Å²) < 4.78 is 0. The van der Waals surface area contributed by atoms with Gasteiger partial charge in [0.15, 0.2) is 0 Å². The Balaban J connectivity index is 1.22. The number of carbonyl (C=O) groups excluding carboxylic acids is 3. The Morgan fingerprint density at radius 1 is 0.763 bits per heavy atom. The predicted molar refractivity (Wildman–Crippen MR) is 145 cm³/mol. The maximum absolute atomic E-state index is 14.2. The molecule has 1 fully saturated rings. The molecular weight excluding hydrogens is 472 g/mol. The zero-order valence-corrected chi connectivity index (χ0v) is 20.9. The molecule has 1 aliphatic heterocycles. The molecule has 2 bridgehead atoms. The lowest BCUT2D eigenvalue weighted by molar-refractivity contribution is -0.128. The topological polar surface area (TPSA) is 66.5 Å². The molecule has 1 saturated heterocycles. The van der Waals surface area contributed by atoms with E-state index in [1.807, 2.05) is 61.5 Å². The molecule has 4 aromatic carbocycles. The third kappa shape index (κ3) is 3.02. The lowest BCUT2D eigenvalue weighted by Crippen LogP contribution is -2.49. The molecule has 0 radical (unpaired) electrons. The first-order chi connectivity index (χ1) is 18.5. The Bertz CT molecular complexity index is 1560. The Morgan fingerprint density at radius 2 is 1.32 bits per heavy atom. The van der Waals surface area contributed by atoms with Gasteiger partial charge in [0.2, 0.25) is 11.8 Å². The molecule has 1 N–H and O–H groups in total. The van der Waals surface area contributed by atoms with Crippen molar-refractivity contribution in [2.24, 2.45) is 11.3 Å². The van der Waals surface area contributed by atoms with Crippen LogP contribution in [-0.2, 0) is 16.1 Å². The van der Waals surface area contributed by atoms with Crippen molar-refractivity contribution < 1.29 is 14.4 Å². The van der Waals surface area contributed by atoms with Crippen molar-refractivity contribution in [3.63, 3.8) is 0 Å². The molecule has 0 spiro atoms. The van der Waals surface area contributed by atoms with Crippen LogP contribution in [0.5, 0.6) is 0 Å². The SMILES string of the molecule is C[C@]12C(=O)N(c3ccc(C(=O)NCc4ccccc4)cc3)C(=O)[C@H]1C1c3ccccc3C2c2ccccc21. The van der Waals surface area contributed by atoms with E-state index in [2.05, 4.69) is 29.6 Å². The van der Waals surface area contributed by atoms with Gasteiger partial charge in [0.25, 0.3) is 5.91 Å². The highest BCUT2D eigenvalue weighted by molar-refractivity contribution is 6.25. The summed E-state index contributed by atoms with van der Waals surface area (Å²) in [5.41, 5.74) is 5.69. The van der Waals surface area contributed by atoms with Gasteiger partial charge in [0.05, 0.1) is 17.0 Å². The number of imide groups is 1. The van der Waals surface area contributed by atoms with E-state index in [1.165, 1.54) is 4.90 Å². The Hall–Kier alpha value is -4.51. The first-order valence-electron chi connectivity index (χ1n) is 13.0. The molecule has 5 nitrogen and oxygen atoms in total. The number of hydrogen-bond donors (Lipinski definition) is 1. The molecule has 3 amide bonds. The second kappa shape index (κ2) is 8.25. The fourth-order valence-electron chi connectivity index (χ4n) is 7.00. The summed E-state index contributed by atoms with van der Waals surface area (Å²) in [5, 5.41) is 2.92. The van der Waals surface area contributed by atoms with Crippen LogP contribution in [0.2, 0.25) is 0 Å². The van der Waals surface area contributed by atoms with E-state index in [1.54, 1.807) is 24.3 Å². The van der Waals surface area contributed by atoms with Crippen molar-refractivity contribution in [2.45, 2.75) is 25.3 Å². The van der Waals surface area contributed by atoms with Crippen LogP contribution < -0.4 is 10.2 Å². The molecule has 1 heterocycles. The standard InChI is InChI=1S/C33H26N2O3/c1-33-28-25-13-7-5-11-23(25)27(24-12-6-8-14-26(24)28)29(33)31(37)35(32(33)38)22-17-15-21(16-18-22)30(36)34-19-20-9-3-2-4-10-20/h2-18,27-29H,19H2,1H3,(H,34,36)/t27?,28?,29-,33-/m1/s1. The molecule has 2 atom stereocenters. The van der Waals surface area contributed by atoms with Crippen LogP contribution in [0.15, 0.2) is 103 Å². The number of amides is 3. The maximum Gasteiger partial charge on any atom is 0.251 e. The Kier molecular flexibility index (Phi) is 4.92. The van der Waals surface area contributed by atoms with E-state index in [0.29, 0.717) is 17.8 Å². The van der Waals surface area contributed by atoms with E-state index in [-0.39, 0.29) is 29.6 Å². The fraction of sp³-hybridized carbons (Fsp3) is 0.182. The van der Waals surface area contributed by atoms with Crippen LogP contribution in [-0.4, -0.2) is 17.7 Å². The van der Waals surface area contributed by atoms with Gasteiger partial charge in [-0.3, -0.25) is 14.4 Å². The molecule has 38 heavy (non-hydrogen) atoms. The molecule has 3 aliphatic carbocycles. The smallest absolute Gasteiger partial charge is 0.251 e. The second-order valence-electron chi connectivity index (χ2n) is 10.6. The molecular formula is C33H26N2O3. The summed E-state index contributed by atoms with van der Waals surface area (Å²) in [5.74, 6) is -1.37. The van der Waals surface area contributed by atoms with Crippen molar-refractivity contribution in [2.75, 3.05) is 4.90 Å². The molecule has 8 rings (SSSR count). The third-order valence-electron chi connectivity index (χ3n) is 8.70. The minimum absolute atomic E-state index is 0.165. The van der Waals surface area contributed by atoms with Gasteiger partial charge in [0, 0.05) is 23.9 Å². The minimum atomic E-state index is -0.879. The molecule has 5 heteroatoms. The number of carbonyl (C=O) groups is 3. The van der Waals surface area contributed by atoms with Crippen LogP contribution in [0.25, 0.3) is 0 Å². The summed E-state index contributed by atoms with van der Waals surface area (Å²) in [7, 11) is 0. The van der Waals surface area contributed by atoms with Crippen LogP contribution in [0, 0.1) is 11.3 Å². The van der Waals surface area contributed by atoms with Crippen LogP contribution in [0.1, 0.15) is 56.9 Å². The molecule has 0 unspecified atom stereocenters. The largest absolute Gasteiger partial charge is 0.348 e. The lowest BCUT2D eigenvalue weighted by Gasteiger charge is -2.51. The Morgan fingerprint density at radius 3 is 1.92 bits per heavy atom. The summed E-state index contributed by atoms with van der Waals surface area (Å²) in [6.45, 7) is 2.39. The van der Waals surface area contributed by atoms with Crippen LogP contribution in [0.4, 0.5) is 5.69 Å². The number of benzene rings is 4. The van der Waals surface area contributed by atoms with Crippen LogP contribution in [0.3, 0.4) is 0 Å². The molecule has 4 aliphatic rings. The monoisotopic (exact) mass is 498 g/mol. The first-order valence-corrected chi connectivity index (χ1v) is 13.0. The van der Waals surface area contributed by atoms with Crippen molar-refractivity contribution in [1.82, 2.24) is 5.32 Å². The van der Waals surface area contributed by atoms with Crippen molar-refractivity contribution in [1.29, 1.82) is 0 Å². The molecule has 0 saturated carbocycles. The van der Waals surface area contributed by atoms with E-state index in [9.17, 15) is 14.4 Å². The van der Waals surface area contributed by atoms with Gasteiger partial charge in [-0.2, -0.15) is 0 Å². The van der Waals surface area contributed by atoms with Gasteiger partial charge >= 0.3 is 0 Å². The number of hydrogen-bond acceptors (Lipinski definition) is 3. The number of nitrogens with one attached hydrogen (secondary N) is 1. The molecule has 0 aromatic heterocycles. The van der Waals surface area contributed by atoms with E-state index in [0.717, 1.165) is 27.8 Å². The summed E-state index contributed by atoms with van der Waals surface area (Å²) in [6.07, 6.45) is 0. The maximum atomic E-state index is 14.2. The zero-order valence-electron chi connectivity index (χ0n) is 20.9. The lowest BCUT2D eigenvalue weighted by atomic mass is 9.48. The van der Waals surface area contributed by atoms with E-state index < -0.39 is 11.3 Å². The summed E-state index contributed by atoms with van der Waals surface area (Å²) in [6, 6.07) is 33.0. The zero-order chi connectivity index (χ0) is 26.0. The normalized spacial score (nSPS) is 24.6. The quantitative estimate of drug-likeness (QED) is 0.383. The first kappa shape index (κ1) is 22.7. The second-order valence-corrected chi connectivity index (χ2v) is 10.6. The average molecular weight is 499 g/mol. The predicted octanol–water partition coefficient (Wildman–Crippen LogP) is 5.40. The van der Waals surface area contributed by atoms with E-state index >= 15 is 0 Å². The van der Waals surface area contributed by atoms with Gasteiger partial charge in [-0.15, -0.1) is 0 Å². The highest BCUT2D eigenvalue weighted by atomic mass is 16.2. The van der Waals surface area contributed by atoms with Crippen molar-refractivity contribution in [3.05, 3.63) is 137 Å². The third-order valence-corrected chi connectivity index (χ3v) is 8.70. The van der Waals surface area contributed by atoms with Crippen molar-refractivity contribution in [3.8, 4) is 0 Å². The highest BCUT2D eigenvalue weighted by Gasteiger charge is 2.68. The number of anilines is 1. The average Bonchev–Trinajstić information content (AvgIpc) is 3.17. The highest BCUT2D eigenvalue weighted by Crippen LogP contribution is 2.67. The number of rotatable bonds is 4. The van der Waals surface area contributed by atoms with Gasteiger partial charge in [-0.1, -0.05) is 78.9 Å². The van der Waals surface area contributed by atoms with Crippen molar-refractivity contribution >= 4 is 23.4 Å². The minimum Gasteiger partial charge on any atom is -0.348 e. The summed E-state index contributed by atoms with van der Waals surface area (Å²) in [4.78, 5) is 42.3. The molecule has 186 valence electrons.